The molecule has 0 unspecified atom stereocenters. The first kappa shape index (κ1) is 18.9. The van der Waals surface area contributed by atoms with Crippen LogP contribution in [0, 0.1) is 5.82 Å². The number of ether oxygens (including phenoxy) is 2. The maximum absolute atomic E-state index is 14.2. The van der Waals surface area contributed by atoms with Crippen LogP contribution >= 0.6 is 0 Å². The van der Waals surface area contributed by atoms with E-state index in [2.05, 4.69) is 5.32 Å². The molecule has 0 saturated carbocycles. The lowest BCUT2D eigenvalue weighted by Crippen LogP contribution is -2.32. The lowest BCUT2D eigenvalue weighted by molar-refractivity contribution is -0.137. The van der Waals surface area contributed by atoms with Gasteiger partial charge in [0.1, 0.15) is 11.5 Å². The Hall–Kier alpha value is -4.13. The van der Waals surface area contributed by atoms with Gasteiger partial charge in [0.15, 0.2) is 11.5 Å². The summed E-state index contributed by atoms with van der Waals surface area (Å²) in [6.45, 7) is -0.0302. The second-order valence-electron chi connectivity index (χ2n) is 7.10. The monoisotopic (exact) mass is 416 g/mol. The lowest BCUT2D eigenvalue weighted by Gasteiger charge is -2.16. The first-order valence-corrected chi connectivity index (χ1v) is 9.68. The summed E-state index contributed by atoms with van der Waals surface area (Å²) in [5.74, 6) is -0.321. The minimum Gasteiger partial charge on any atom is -0.454 e. The van der Waals surface area contributed by atoms with E-state index in [-0.39, 0.29) is 30.2 Å². The highest BCUT2D eigenvalue weighted by molar-refractivity contribution is 6.36. The van der Waals surface area contributed by atoms with Crippen molar-refractivity contribution in [2.45, 2.75) is 6.54 Å². The molecule has 6 nitrogen and oxygen atoms in total. The Labute approximate surface area is 177 Å². The third-order valence-corrected chi connectivity index (χ3v) is 5.16. The number of rotatable bonds is 5. The van der Waals surface area contributed by atoms with E-state index in [0.717, 1.165) is 4.90 Å². The van der Waals surface area contributed by atoms with E-state index in [1.165, 1.54) is 6.07 Å². The first-order chi connectivity index (χ1) is 15.1. The maximum atomic E-state index is 14.2. The zero-order valence-electron chi connectivity index (χ0n) is 16.3. The molecule has 2 aliphatic heterocycles. The molecule has 2 amide bonds. The molecule has 0 saturated heterocycles. The largest absolute Gasteiger partial charge is 0.454 e. The molecule has 0 aliphatic carbocycles. The second kappa shape index (κ2) is 7.60. The van der Waals surface area contributed by atoms with Gasteiger partial charge < -0.3 is 14.8 Å². The first-order valence-electron chi connectivity index (χ1n) is 9.68. The van der Waals surface area contributed by atoms with Gasteiger partial charge in [-0.15, -0.1) is 0 Å². The van der Waals surface area contributed by atoms with Gasteiger partial charge in [0.25, 0.3) is 11.8 Å². The molecule has 0 atom stereocenters. The summed E-state index contributed by atoms with van der Waals surface area (Å²) in [6, 6.07) is 20.2. The third kappa shape index (κ3) is 3.40. The molecule has 2 aliphatic rings. The molecule has 5 rings (SSSR count). The van der Waals surface area contributed by atoms with Crippen molar-refractivity contribution >= 4 is 23.1 Å². The fraction of sp³-hybridized carbons (Fsp3) is 0.0833. The summed E-state index contributed by atoms with van der Waals surface area (Å²) in [6.07, 6.45) is 0. The van der Waals surface area contributed by atoms with Crippen molar-refractivity contribution in [3.8, 4) is 11.5 Å². The van der Waals surface area contributed by atoms with Gasteiger partial charge >= 0.3 is 0 Å². The average molecular weight is 416 g/mol. The van der Waals surface area contributed by atoms with Crippen molar-refractivity contribution in [1.29, 1.82) is 0 Å². The number of hydrogen-bond donors (Lipinski definition) is 1. The van der Waals surface area contributed by atoms with E-state index in [0.29, 0.717) is 22.7 Å². The Morgan fingerprint density at radius 1 is 0.871 bits per heavy atom. The Bertz CT molecular complexity index is 1220. The number of imide groups is 1. The van der Waals surface area contributed by atoms with Crippen LogP contribution in [0.2, 0.25) is 0 Å². The molecular weight excluding hydrogens is 399 g/mol. The summed E-state index contributed by atoms with van der Waals surface area (Å²) in [4.78, 5) is 27.6. The van der Waals surface area contributed by atoms with Crippen LogP contribution in [0.4, 0.5) is 10.1 Å². The van der Waals surface area contributed by atoms with Gasteiger partial charge in [-0.2, -0.15) is 0 Å². The van der Waals surface area contributed by atoms with E-state index in [9.17, 15) is 14.0 Å². The fourth-order valence-corrected chi connectivity index (χ4v) is 3.62. The number of benzene rings is 3. The number of nitrogens with zero attached hydrogens (tertiary/aromatic N) is 1. The predicted octanol–water partition coefficient (Wildman–Crippen LogP) is 3.95. The molecule has 0 aromatic heterocycles. The van der Waals surface area contributed by atoms with Gasteiger partial charge in [0, 0.05) is 17.3 Å². The van der Waals surface area contributed by atoms with Crippen molar-refractivity contribution in [2.24, 2.45) is 0 Å². The number of fused-ring (bicyclic) bond motifs is 1. The molecule has 3 aromatic carbocycles. The van der Waals surface area contributed by atoms with E-state index in [1.54, 1.807) is 60.7 Å². The molecule has 3 aromatic rings. The number of halogens is 1. The van der Waals surface area contributed by atoms with Crippen LogP contribution in [-0.4, -0.2) is 23.5 Å². The highest BCUT2D eigenvalue weighted by atomic mass is 19.1. The minimum absolute atomic E-state index is 0.130. The van der Waals surface area contributed by atoms with E-state index in [4.69, 9.17) is 9.47 Å². The molecule has 0 radical (unpaired) electrons. The molecule has 0 fully saturated rings. The van der Waals surface area contributed by atoms with Crippen LogP contribution in [0.3, 0.4) is 0 Å². The maximum Gasteiger partial charge on any atom is 0.278 e. The molecule has 31 heavy (non-hydrogen) atoms. The van der Waals surface area contributed by atoms with E-state index in [1.807, 2.05) is 6.07 Å². The Morgan fingerprint density at radius 3 is 2.42 bits per heavy atom. The van der Waals surface area contributed by atoms with Gasteiger partial charge in [-0.25, -0.2) is 4.39 Å². The highest BCUT2D eigenvalue weighted by Gasteiger charge is 2.39. The van der Waals surface area contributed by atoms with Crippen molar-refractivity contribution in [3.05, 3.63) is 95.4 Å². The third-order valence-electron chi connectivity index (χ3n) is 5.16. The van der Waals surface area contributed by atoms with Crippen LogP contribution in [0.25, 0.3) is 5.57 Å². The Kier molecular flexibility index (Phi) is 4.63. The lowest BCUT2D eigenvalue weighted by atomic mass is 10.0. The zero-order chi connectivity index (χ0) is 21.4. The van der Waals surface area contributed by atoms with Crippen molar-refractivity contribution in [2.75, 3.05) is 12.1 Å². The van der Waals surface area contributed by atoms with Crippen LogP contribution in [0.5, 0.6) is 11.5 Å². The van der Waals surface area contributed by atoms with Gasteiger partial charge in [-0.05, 0) is 23.8 Å². The molecule has 7 heteroatoms. The van der Waals surface area contributed by atoms with Gasteiger partial charge in [0.05, 0.1) is 12.1 Å². The predicted molar refractivity (Wildman–Crippen MR) is 112 cm³/mol. The van der Waals surface area contributed by atoms with E-state index >= 15 is 0 Å². The zero-order valence-corrected chi connectivity index (χ0v) is 16.3. The van der Waals surface area contributed by atoms with Crippen LogP contribution in [0.1, 0.15) is 11.1 Å². The number of anilines is 1. The second-order valence-corrected chi connectivity index (χ2v) is 7.10. The molecule has 0 spiro atoms. The van der Waals surface area contributed by atoms with Crippen LogP contribution in [0.15, 0.2) is 78.5 Å². The Morgan fingerprint density at radius 2 is 1.61 bits per heavy atom. The van der Waals surface area contributed by atoms with Crippen LogP contribution in [-0.2, 0) is 16.1 Å². The Balaban J connectivity index is 1.53. The van der Waals surface area contributed by atoms with E-state index < -0.39 is 17.6 Å². The SMILES string of the molecule is O=C1C(Nc2ccc3c(c2)OCO3)=C(c2ccccc2)C(=O)N1Cc1ccccc1F. The summed E-state index contributed by atoms with van der Waals surface area (Å²) in [7, 11) is 0. The quantitative estimate of drug-likeness (QED) is 0.638. The van der Waals surface area contributed by atoms with Crippen molar-refractivity contribution < 1.29 is 23.5 Å². The molecule has 0 bridgehead atoms. The number of hydrogen-bond acceptors (Lipinski definition) is 5. The summed E-state index contributed by atoms with van der Waals surface area (Å²) in [5.41, 5.74) is 1.80. The molecule has 2 heterocycles. The molecular formula is C24H17FN2O4. The number of carbonyl (C=O) groups is 2. The average Bonchev–Trinajstić information content (AvgIpc) is 3.34. The summed E-state index contributed by atoms with van der Waals surface area (Å²) >= 11 is 0. The number of amides is 2. The normalized spacial score (nSPS) is 15.1. The number of carbonyl (C=O) groups excluding carboxylic acids is 2. The summed E-state index contributed by atoms with van der Waals surface area (Å²) in [5, 5.41) is 3.07. The smallest absolute Gasteiger partial charge is 0.278 e. The van der Waals surface area contributed by atoms with Crippen LogP contribution < -0.4 is 14.8 Å². The highest BCUT2D eigenvalue weighted by Crippen LogP contribution is 2.36. The molecule has 1 N–H and O–H groups in total. The fourth-order valence-electron chi connectivity index (χ4n) is 3.62. The summed E-state index contributed by atoms with van der Waals surface area (Å²) < 4.78 is 24.9. The van der Waals surface area contributed by atoms with Crippen molar-refractivity contribution in [1.82, 2.24) is 4.90 Å². The standard InChI is InChI=1S/C24H17FN2O4/c25-18-9-5-4-8-16(18)13-27-23(28)21(15-6-2-1-3-7-15)22(24(27)29)26-17-10-11-19-20(12-17)31-14-30-19/h1-12,26H,13-14H2. The number of nitrogens with one attached hydrogen (secondary N) is 1. The van der Waals surface area contributed by atoms with Gasteiger partial charge in [-0.3, -0.25) is 14.5 Å². The van der Waals surface area contributed by atoms with Gasteiger partial charge in [-0.1, -0.05) is 48.5 Å². The minimum atomic E-state index is -0.523. The van der Waals surface area contributed by atoms with Crippen molar-refractivity contribution in [3.63, 3.8) is 0 Å². The molecule has 154 valence electrons. The topological polar surface area (TPSA) is 67.9 Å². The van der Waals surface area contributed by atoms with Gasteiger partial charge in [0.2, 0.25) is 6.79 Å².